The topological polar surface area (TPSA) is 38.0 Å². The third-order valence-corrected chi connectivity index (χ3v) is 0.713. The van der Waals surface area contributed by atoms with Gasteiger partial charge < -0.3 is 11.1 Å². The Morgan fingerprint density at radius 2 is 2.43 bits per heavy atom. The summed E-state index contributed by atoms with van der Waals surface area (Å²) >= 11 is 0. The molecule has 0 aliphatic heterocycles. The SMILES string of the molecule is CC/C=C(\N)NC. The first-order valence-electron chi connectivity index (χ1n) is 2.44. The highest BCUT2D eigenvalue weighted by Crippen LogP contribution is 1.78. The van der Waals surface area contributed by atoms with Crippen LogP contribution in [0.1, 0.15) is 13.3 Å². The summed E-state index contributed by atoms with van der Waals surface area (Å²) in [5.41, 5.74) is 5.33. The maximum Gasteiger partial charge on any atom is 0.0916 e. The van der Waals surface area contributed by atoms with Gasteiger partial charge in [0.25, 0.3) is 0 Å². The van der Waals surface area contributed by atoms with Gasteiger partial charge in [-0.3, -0.25) is 0 Å². The lowest BCUT2D eigenvalue weighted by Crippen LogP contribution is -2.13. The molecule has 0 aliphatic carbocycles. The quantitative estimate of drug-likeness (QED) is 0.527. The molecule has 0 radical (unpaired) electrons. The number of hydrogen-bond donors (Lipinski definition) is 2. The van der Waals surface area contributed by atoms with E-state index in [0.717, 1.165) is 12.2 Å². The third-order valence-electron chi connectivity index (χ3n) is 0.713. The Morgan fingerprint density at radius 1 is 1.86 bits per heavy atom. The van der Waals surface area contributed by atoms with Crippen molar-refractivity contribution in [3.8, 4) is 0 Å². The van der Waals surface area contributed by atoms with Crippen LogP contribution in [0.15, 0.2) is 11.9 Å². The van der Waals surface area contributed by atoms with E-state index in [4.69, 9.17) is 5.73 Å². The Morgan fingerprint density at radius 3 is 2.57 bits per heavy atom. The highest BCUT2D eigenvalue weighted by Gasteiger charge is 1.74. The van der Waals surface area contributed by atoms with Crippen molar-refractivity contribution in [3.05, 3.63) is 11.9 Å². The minimum Gasteiger partial charge on any atom is -0.386 e. The van der Waals surface area contributed by atoms with E-state index in [0.29, 0.717) is 0 Å². The maximum absolute atomic E-state index is 5.33. The first-order chi connectivity index (χ1) is 3.31. The van der Waals surface area contributed by atoms with Crippen LogP contribution in [0.2, 0.25) is 0 Å². The van der Waals surface area contributed by atoms with Gasteiger partial charge in [0.2, 0.25) is 0 Å². The van der Waals surface area contributed by atoms with Crippen molar-refractivity contribution < 1.29 is 0 Å². The fourth-order valence-electron chi connectivity index (χ4n) is 0.322. The van der Waals surface area contributed by atoms with Crippen LogP contribution in [-0.2, 0) is 0 Å². The molecule has 0 amide bonds. The molecule has 3 N–H and O–H groups in total. The van der Waals surface area contributed by atoms with E-state index >= 15 is 0 Å². The van der Waals surface area contributed by atoms with Crippen LogP contribution in [-0.4, -0.2) is 7.05 Å². The number of nitrogens with two attached hydrogens (primary N) is 1. The van der Waals surface area contributed by atoms with Gasteiger partial charge in [-0.15, -0.1) is 0 Å². The van der Waals surface area contributed by atoms with E-state index in [1.807, 2.05) is 20.0 Å². The average Bonchev–Trinajstić information content (AvgIpc) is 1.68. The zero-order valence-corrected chi connectivity index (χ0v) is 4.86. The summed E-state index contributed by atoms with van der Waals surface area (Å²) in [5, 5.41) is 2.80. The Kier molecular flexibility index (Phi) is 3.19. The summed E-state index contributed by atoms with van der Waals surface area (Å²) in [6.45, 7) is 2.05. The molecule has 0 heterocycles. The normalized spacial score (nSPS) is 11.4. The maximum atomic E-state index is 5.33. The van der Waals surface area contributed by atoms with Crippen LogP contribution in [0.4, 0.5) is 0 Å². The zero-order valence-electron chi connectivity index (χ0n) is 4.86. The lowest BCUT2D eigenvalue weighted by Gasteiger charge is -1.94. The molecule has 0 bridgehead atoms. The molecule has 0 spiro atoms. The minimum absolute atomic E-state index is 0.752. The van der Waals surface area contributed by atoms with E-state index in [-0.39, 0.29) is 0 Å². The van der Waals surface area contributed by atoms with Gasteiger partial charge in [0.15, 0.2) is 0 Å². The summed E-state index contributed by atoms with van der Waals surface area (Å²) in [7, 11) is 1.81. The van der Waals surface area contributed by atoms with Crippen molar-refractivity contribution in [1.82, 2.24) is 5.32 Å². The number of allylic oxidation sites excluding steroid dienone is 1. The monoisotopic (exact) mass is 100 g/mol. The first kappa shape index (κ1) is 6.34. The molecule has 42 valence electrons. The molecule has 0 aliphatic rings. The lowest BCUT2D eigenvalue weighted by atomic mass is 10.4. The molecule has 0 saturated carbocycles. The van der Waals surface area contributed by atoms with E-state index in [1.54, 1.807) is 0 Å². The van der Waals surface area contributed by atoms with Gasteiger partial charge in [-0.2, -0.15) is 0 Å². The third kappa shape index (κ3) is 3.16. The van der Waals surface area contributed by atoms with Crippen molar-refractivity contribution in [2.75, 3.05) is 7.05 Å². The van der Waals surface area contributed by atoms with Crippen molar-refractivity contribution in [3.63, 3.8) is 0 Å². The summed E-state index contributed by atoms with van der Waals surface area (Å²) in [6.07, 6.45) is 2.92. The molecule has 2 heteroatoms. The second-order valence-electron chi connectivity index (χ2n) is 1.32. The van der Waals surface area contributed by atoms with Crippen LogP contribution in [0.3, 0.4) is 0 Å². The van der Waals surface area contributed by atoms with Crippen LogP contribution >= 0.6 is 0 Å². The highest BCUT2D eigenvalue weighted by molar-refractivity contribution is 4.90. The van der Waals surface area contributed by atoms with E-state index in [2.05, 4.69) is 5.32 Å². The van der Waals surface area contributed by atoms with E-state index < -0.39 is 0 Å². The highest BCUT2D eigenvalue weighted by atomic mass is 14.9. The molecular weight excluding hydrogens is 88.1 g/mol. The predicted octanol–water partition coefficient (Wildman–Crippen LogP) is 0.416. The standard InChI is InChI=1S/C5H12N2/c1-3-4-5(6)7-2/h4,7H,3,6H2,1-2H3/b5-4+. The first-order valence-corrected chi connectivity index (χ1v) is 2.44. The fraction of sp³-hybridized carbons (Fsp3) is 0.600. The molecule has 0 aromatic carbocycles. The van der Waals surface area contributed by atoms with Gasteiger partial charge in [-0.1, -0.05) is 6.92 Å². The second kappa shape index (κ2) is 3.53. The average molecular weight is 100 g/mol. The van der Waals surface area contributed by atoms with Crippen molar-refractivity contribution in [1.29, 1.82) is 0 Å². The van der Waals surface area contributed by atoms with Crippen molar-refractivity contribution in [2.45, 2.75) is 13.3 Å². The fourth-order valence-corrected chi connectivity index (χ4v) is 0.322. The van der Waals surface area contributed by atoms with Gasteiger partial charge in [-0.05, 0) is 12.5 Å². The Bertz CT molecular complexity index is 66.5. The number of rotatable bonds is 2. The number of hydrogen-bond acceptors (Lipinski definition) is 2. The molecule has 0 fully saturated rings. The van der Waals surface area contributed by atoms with Crippen molar-refractivity contribution in [2.24, 2.45) is 5.73 Å². The van der Waals surface area contributed by atoms with Gasteiger partial charge in [-0.25, -0.2) is 0 Å². The smallest absolute Gasteiger partial charge is 0.0916 e. The summed E-state index contributed by atoms with van der Waals surface area (Å²) in [6, 6.07) is 0. The molecule has 0 rings (SSSR count). The van der Waals surface area contributed by atoms with Gasteiger partial charge in [0.1, 0.15) is 0 Å². The zero-order chi connectivity index (χ0) is 5.70. The molecule has 0 atom stereocenters. The Balaban J connectivity index is 3.29. The van der Waals surface area contributed by atoms with Gasteiger partial charge >= 0.3 is 0 Å². The lowest BCUT2D eigenvalue weighted by molar-refractivity contribution is 0.944. The molecular formula is C5H12N2. The molecule has 0 saturated heterocycles. The molecule has 0 aromatic heterocycles. The summed E-state index contributed by atoms with van der Waals surface area (Å²) in [4.78, 5) is 0. The largest absolute Gasteiger partial charge is 0.386 e. The van der Waals surface area contributed by atoms with Gasteiger partial charge in [0, 0.05) is 7.05 Å². The van der Waals surface area contributed by atoms with Crippen LogP contribution in [0.5, 0.6) is 0 Å². The Labute approximate surface area is 44.4 Å². The molecule has 2 nitrogen and oxygen atoms in total. The van der Waals surface area contributed by atoms with E-state index in [1.165, 1.54) is 0 Å². The number of nitrogens with one attached hydrogen (secondary N) is 1. The van der Waals surface area contributed by atoms with Gasteiger partial charge in [0.05, 0.1) is 5.82 Å². The van der Waals surface area contributed by atoms with Crippen LogP contribution < -0.4 is 11.1 Å². The molecule has 0 unspecified atom stereocenters. The van der Waals surface area contributed by atoms with Crippen molar-refractivity contribution >= 4 is 0 Å². The minimum atomic E-state index is 0.752. The van der Waals surface area contributed by atoms with E-state index in [9.17, 15) is 0 Å². The van der Waals surface area contributed by atoms with Crippen LogP contribution in [0.25, 0.3) is 0 Å². The summed E-state index contributed by atoms with van der Waals surface area (Å²) in [5.74, 6) is 0.752. The second-order valence-corrected chi connectivity index (χ2v) is 1.32. The summed E-state index contributed by atoms with van der Waals surface area (Å²) < 4.78 is 0. The molecule has 0 aromatic rings. The Hall–Kier alpha value is -0.660. The predicted molar refractivity (Wildman–Crippen MR) is 31.6 cm³/mol. The van der Waals surface area contributed by atoms with Crippen LogP contribution in [0, 0.1) is 0 Å². The molecule has 7 heavy (non-hydrogen) atoms.